The van der Waals surface area contributed by atoms with E-state index in [9.17, 15) is 19.7 Å². The van der Waals surface area contributed by atoms with Crippen molar-refractivity contribution in [3.8, 4) is 0 Å². The molecule has 1 aromatic carbocycles. The lowest BCUT2D eigenvalue weighted by Crippen LogP contribution is -2.35. The van der Waals surface area contributed by atoms with Gasteiger partial charge in [-0.2, -0.15) is 0 Å². The molecule has 0 radical (unpaired) electrons. The molecule has 0 amide bonds. The molecular weight excluding hydrogens is 430 g/mol. The molecule has 1 heterocycles. The molecule has 0 aliphatic rings. The van der Waals surface area contributed by atoms with Crippen LogP contribution in [0.3, 0.4) is 0 Å². The second-order valence-corrected chi connectivity index (χ2v) is 8.22. The number of carbonyl (C=O) groups is 2. The van der Waals surface area contributed by atoms with Crippen LogP contribution in [0.5, 0.6) is 0 Å². The highest BCUT2D eigenvalue weighted by Gasteiger charge is 2.31. The minimum Gasteiger partial charge on any atom is -0.465 e. The average molecular weight is 460 g/mol. The van der Waals surface area contributed by atoms with Crippen LogP contribution in [0.2, 0.25) is 0 Å². The second kappa shape index (κ2) is 11.2. The van der Waals surface area contributed by atoms with E-state index in [1.54, 1.807) is 27.7 Å². The van der Waals surface area contributed by atoms with Gasteiger partial charge in [-0.15, -0.1) is 0 Å². The maximum atomic E-state index is 12.3. The van der Waals surface area contributed by atoms with Crippen LogP contribution in [-0.2, 0) is 25.6 Å². The number of carbonyl (C=O) groups excluding carboxylic acids is 2. The first kappa shape index (κ1) is 25.5. The van der Waals surface area contributed by atoms with Gasteiger partial charge in [0.15, 0.2) is 0 Å². The molecule has 0 saturated carbocycles. The smallest absolute Gasteiger partial charge is 0.353 e. The molecular formula is C22H29N5O6. The molecule has 0 fully saturated rings. The van der Waals surface area contributed by atoms with Crippen LogP contribution < -0.4 is 9.80 Å². The summed E-state index contributed by atoms with van der Waals surface area (Å²) in [7, 11) is 1.50. The van der Waals surface area contributed by atoms with Crippen molar-refractivity contribution in [1.82, 2.24) is 9.97 Å². The topological polar surface area (TPSA) is 128 Å². The van der Waals surface area contributed by atoms with E-state index in [2.05, 4.69) is 9.97 Å². The van der Waals surface area contributed by atoms with E-state index in [-0.39, 0.29) is 37.9 Å². The number of nitro groups is 1. The Balaban J connectivity index is 2.45. The summed E-state index contributed by atoms with van der Waals surface area (Å²) in [5.41, 5.74) is -0.311. The standard InChI is InChI=1S/C22H29N5O6/c1-6-32-17(28)14-26(12-16-10-8-7-9-11-16)21-19(27(30)31)20(23-15-24-21)25(5)13-18(29)33-22(2,3)4/h7-11,15H,6,12-14H2,1-5H3. The summed E-state index contributed by atoms with van der Waals surface area (Å²) < 4.78 is 10.3. The number of hydrogen-bond donors (Lipinski definition) is 0. The SMILES string of the molecule is CCOC(=O)CN(Cc1ccccc1)c1ncnc(N(C)CC(=O)OC(C)(C)C)c1[N+](=O)[O-]. The fourth-order valence-electron chi connectivity index (χ4n) is 3.05. The zero-order valence-electron chi connectivity index (χ0n) is 19.5. The molecule has 2 aromatic rings. The van der Waals surface area contributed by atoms with Gasteiger partial charge in [-0.05, 0) is 33.3 Å². The van der Waals surface area contributed by atoms with E-state index in [1.807, 2.05) is 30.3 Å². The van der Waals surface area contributed by atoms with E-state index in [1.165, 1.54) is 16.8 Å². The Morgan fingerprint density at radius 3 is 2.27 bits per heavy atom. The lowest BCUT2D eigenvalue weighted by atomic mass is 10.2. The van der Waals surface area contributed by atoms with Gasteiger partial charge < -0.3 is 19.3 Å². The largest absolute Gasteiger partial charge is 0.465 e. The number of benzene rings is 1. The molecule has 1 aromatic heterocycles. The minimum atomic E-state index is -0.702. The maximum Gasteiger partial charge on any atom is 0.353 e. The molecule has 0 aliphatic carbocycles. The predicted octanol–water partition coefficient (Wildman–Crippen LogP) is 2.73. The lowest BCUT2D eigenvalue weighted by molar-refractivity contribution is -0.383. The van der Waals surface area contributed by atoms with Gasteiger partial charge in [0.05, 0.1) is 11.5 Å². The molecule has 0 unspecified atom stereocenters. The van der Waals surface area contributed by atoms with Crippen LogP contribution in [0.15, 0.2) is 36.7 Å². The number of hydrogen-bond acceptors (Lipinski definition) is 10. The monoisotopic (exact) mass is 459 g/mol. The van der Waals surface area contributed by atoms with E-state index in [0.717, 1.165) is 11.9 Å². The van der Waals surface area contributed by atoms with Crippen molar-refractivity contribution >= 4 is 29.3 Å². The third kappa shape index (κ3) is 7.70. The van der Waals surface area contributed by atoms with E-state index in [4.69, 9.17) is 9.47 Å². The summed E-state index contributed by atoms with van der Waals surface area (Å²) in [5, 5.41) is 12.1. The molecule has 178 valence electrons. The van der Waals surface area contributed by atoms with Gasteiger partial charge in [-0.25, -0.2) is 9.97 Å². The minimum absolute atomic E-state index is 0.0575. The Hall–Kier alpha value is -3.76. The van der Waals surface area contributed by atoms with Gasteiger partial charge in [-0.3, -0.25) is 19.7 Å². The molecule has 0 saturated heterocycles. The summed E-state index contributed by atoms with van der Waals surface area (Å²) in [4.78, 5) is 46.9. The number of anilines is 2. The van der Waals surface area contributed by atoms with Crippen LogP contribution in [0.25, 0.3) is 0 Å². The predicted molar refractivity (Wildman–Crippen MR) is 122 cm³/mol. The van der Waals surface area contributed by atoms with E-state index >= 15 is 0 Å². The molecule has 33 heavy (non-hydrogen) atoms. The second-order valence-electron chi connectivity index (χ2n) is 8.22. The summed E-state index contributed by atoms with van der Waals surface area (Å²) in [5.74, 6) is -1.24. The van der Waals surface area contributed by atoms with Gasteiger partial charge in [0.25, 0.3) is 0 Å². The summed E-state index contributed by atoms with van der Waals surface area (Å²) in [6.45, 7) is 6.70. The maximum absolute atomic E-state index is 12.3. The quantitative estimate of drug-likeness (QED) is 0.297. The fourth-order valence-corrected chi connectivity index (χ4v) is 3.05. The molecule has 0 spiro atoms. The Morgan fingerprint density at radius 2 is 1.70 bits per heavy atom. The number of rotatable bonds is 10. The van der Waals surface area contributed by atoms with Gasteiger partial charge in [-0.1, -0.05) is 30.3 Å². The van der Waals surface area contributed by atoms with E-state index < -0.39 is 28.2 Å². The summed E-state index contributed by atoms with van der Waals surface area (Å²) >= 11 is 0. The number of likely N-dealkylation sites (N-methyl/N-ethyl adjacent to an activating group) is 1. The lowest BCUT2D eigenvalue weighted by Gasteiger charge is -2.25. The van der Waals surface area contributed by atoms with Crippen LogP contribution >= 0.6 is 0 Å². The third-order valence-electron chi connectivity index (χ3n) is 4.26. The zero-order valence-corrected chi connectivity index (χ0v) is 19.5. The van der Waals surface area contributed by atoms with Crippen molar-refractivity contribution in [2.24, 2.45) is 0 Å². The molecule has 0 atom stereocenters. The van der Waals surface area contributed by atoms with Gasteiger partial charge in [0.1, 0.15) is 25.0 Å². The number of ether oxygens (including phenoxy) is 2. The first-order valence-corrected chi connectivity index (χ1v) is 10.4. The van der Waals surface area contributed by atoms with Gasteiger partial charge in [0, 0.05) is 13.6 Å². The normalized spacial score (nSPS) is 10.9. The Kier molecular flexibility index (Phi) is 8.66. The average Bonchev–Trinajstić information content (AvgIpc) is 2.72. The van der Waals surface area contributed by atoms with Crippen molar-refractivity contribution in [1.29, 1.82) is 0 Å². The van der Waals surface area contributed by atoms with Crippen LogP contribution in [-0.4, -0.2) is 59.2 Å². The summed E-state index contributed by atoms with van der Waals surface area (Å²) in [6, 6.07) is 9.16. The molecule has 0 bridgehead atoms. The Morgan fingerprint density at radius 1 is 1.06 bits per heavy atom. The highest BCUT2D eigenvalue weighted by molar-refractivity contribution is 5.81. The molecule has 0 N–H and O–H groups in total. The van der Waals surface area contributed by atoms with Gasteiger partial charge in [0.2, 0.25) is 11.6 Å². The fraction of sp³-hybridized carbons (Fsp3) is 0.455. The molecule has 11 heteroatoms. The first-order chi connectivity index (χ1) is 15.5. The van der Waals surface area contributed by atoms with Crippen LogP contribution in [0, 0.1) is 10.1 Å². The Bertz CT molecular complexity index is 977. The third-order valence-corrected chi connectivity index (χ3v) is 4.26. The van der Waals surface area contributed by atoms with Crippen molar-refractivity contribution in [2.75, 3.05) is 36.5 Å². The van der Waals surface area contributed by atoms with E-state index in [0.29, 0.717) is 0 Å². The molecule has 2 rings (SSSR count). The van der Waals surface area contributed by atoms with Crippen molar-refractivity contribution in [3.63, 3.8) is 0 Å². The van der Waals surface area contributed by atoms with Gasteiger partial charge >= 0.3 is 17.6 Å². The molecule has 11 nitrogen and oxygen atoms in total. The number of aromatic nitrogens is 2. The highest BCUT2D eigenvalue weighted by Crippen LogP contribution is 2.34. The van der Waals surface area contributed by atoms with Crippen LogP contribution in [0.1, 0.15) is 33.3 Å². The first-order valence-electron chi connectivity index (χ1n) is 10.4. The van der Waals surface area contributed by atoms with Crippen molar-refractivity contribution in [2.45, 2.75) is 39.8 Å². The highest BCUT2D eigenvalue weighted by atomic mass is 16.6. The van der Waals surface area contributed by atoms with Crippen LogP contribution in [0.4, 0.5) is 17.3 Å². The summed E-state index contributed by atoms with van der Waals surface area (Å²) in [6.07, 6.45) is 1.16. The number of esters is 2. The number of nitrogens with zero attached hydrogens (tertiary/aromatic N) is 5. The zero-order chi connectivity index (χ0) is 24.6. The molecule has 0 aliphatic heterocycles. The van der Waals surface area contributed by atoms with Crippen molar-refractivity contribution in [3.05, 3.63) is 52.3 Å². The van der Waals surface area contributed by atoms with Crippen molar-refractivity contribution < 1.29 is 24.0 Å². The Labute approximate surface area is 192 Å².